The van der Waals surface area contributed by atoms with Crippen molar-refractivity contribution in [2.45, 2.75) is 6.54 Å². The van der Waals surface area contributed by atoms with Crippen LogP contribution in [0, 0.1) is 0 Å². The average Bonchev–Trinajstić information content (AvgIpc) is 3.33. The lowest BCUT2D eigenvalue weighted by Gasteiger charge is -2.05. The van der Waals surface area contributed by atoms with E-state index in [-0.39, 0.29) is 5.69 Å². The van der Waals surface area contributed by atoms with Crippen molar-refractivity contribution < 1.29 is 4.79 Å². The highest BCUT2D eigenvalue weighted by atomic mass is 16.1. The molecule has 0 aliphatic carbocycles. The number of pyridine rings is 1. The van der Waals surface area contributed by atoms with Crippen LogP contribution < -0.4 is 5.73 Å². The average molecular weight is 367 g/mol. The SMILES string of the molecule is NC(=O)c1cc(-c2cn(Cc3ccccc3)c3ccccc23)c2cn[nH]c2n1. The number of nitrogens with two attached hydrogens (primary N) is 1. The summed E-state index contributed by atoms with van der Waals surface area (Å²) in [7, 11) is 0. The molecule has 6 nitrogen and oxygen atoms in total. The van der Waals surface area contributed by atoms with E-state index >= 15 is 0 Å². The van der Waals surface area contributed by atoms with Crippen LogP contribution in [0.15, 0.2) is 73.1 Å². The number of rotatable bonds is 4. The first kappa shape index (κ1) is 16.3. The third-order valence-corrected chi connectivity index (χ3v) is 4.95. The Hall–Kier alpha value is -3.93. The van der Waals surface area contributed by atoms with Crippen LogP contribution in [0.25, 0.3) is 33.1 Å². The molecule has 2 aromatic carbocycles. The fourth-order valence-corrected chi connectivity index (χ4v) is 3.65. The highest BCUT2D eigenvalue weighted by Gasteiger charge is 2.17. The smallest absolute Gasteiger partial charge is 0.267 e. The van der Waals surface area contributed by atoms with Gasteiger partial charge < -0.3 is 10.3 Å². The van der Waals surface area contributed by atoms with Gasteiger partial charge in [0.25, 0.3) is 5.91 Å². The van der Waals surface area contributed by atoms with Crippen LogP contribution in [0.4, 0.5) is 0 Å². The van der Waals surface area contributed by atoms with Gasteiger partial charge in [0, 0.05) is 34.6 Å². The molecule has 0 aliphatic heterocycles. The zero-order valence-electron chi connectivity index (χ0n) is 15.0. The minimum Gasteiger partial charge on any atom is -0.364 e. The third kappa shape index (κ3) is 2.63. The number of carbonyl (C=O) groups is 1. The van der Waals surface area contributed by atoms with Crippen molar-refractivity contribution in [1.82, 2.24) is 19.7 Å². The van der Waals surface area contributed by atoms with Gasteiger partial charge in [-0.2, -0.15) is 5.10 Å². The molecule has 0 saturated carbocycles. The first-order valence-electron chi connectivity index (χ1n) is 8.97. The second-order valence-corrected chi connectivity index (χ2v) is 6.73. The van der Waals surface area contributed by atoms with Crippen molar-refractivity contribution >= 4 is 27.8 Å². The van der Waals surface area contributed by atoms with Crippen LogP contribution in [0.1, 0.15) is 16.1 Å². The standard InChI is InChI=1S/C22H17N5O/c23-21(28)19-10-16(17-11-24-26-22(17)25-19)18-13-27(12-14-6-2-1-3-7-14)20-9-5-4-8-15(18)20/h1-11,13H,12H2,(H2,23,28)(H,24,25,26). The fourth-order valence-electron chi connectivity index (χ4n) is 3.65. The molecule has 0 bridgehead atoms. The summed E-state index contributed by atoms with van der Waals surface area (Å²) in [5.41, 5.74) is 10.5. The van der Waals surface area contributed by atoms with E-state index in [0.717, 1.165) is 34.0 Å². The van der Waals surface area contributed by atoms with Crippen molar-refractivity contribution in [3.8, 4) is 11.1 Å². The fraction of sp³-hybridized carbons (Fsp3) is 0.0455. The lowest BCUT2D eigenvalue weighted by atomic mass is 10.0. The summed E-state index contributed by atoms with van der Waals surface area (Å²) >= 11 is 0. The van der Waals surface area contributed by atoms with E-state index in [9.17, 15) is 4.79 Å². The second-order valence-electron chi connectivity index (χ2n) is 6.73. The van der Waals surface area contributed by atoms with E-state index in [0.29, 0.717) is 5.65 Å². The quantitative estimate of drug-likeness (QED) is 0.507. The largest absolute Gasteiger partial charge is 0.364 e. The maximum atomic E-state index is 11.8. The van der Waals surface area contributed by atoms with Gasteiger partial charge in [0.2, 0.25) is 0 Å². The number of aromatic amines is 1. The zero-order chi connectivity index (χ0) is 19.1. The molecular formula is C22H17N5O. The number of para-hydroxylation sites is 1. The molecule has 0 aliphatic rings. The minimum atomic E-state index is -0.564. The number of fused-ring (bicyclic) bond motifs is 2. The van der Waals surface area contributed by atoms with E-state index in [1.54, 1.807) is 12.3 Å². The number of primary amides is 1. The summed E-state index contributed by atoms with van der Waals surface area (Å²) in [4.78, 5) is 16.1. The molecule has 0 unspecified atom stereocenters. The number of nitrogens with one attached hydrogen (secondary N) is 1. The molecule has 1 amide bonds. The van der Waals surface area contributed by atoms with Gasteiger partial charge in [-0.3, -0.25) is 9.89 Å². The summed E-state index contributed by atoms with van der Waals surface area (Å²) in [6.07, 6.45) is 3.84. The molecule has 0 spiro atoms. The van der Waals surface area contributed by atoms with Crippen molar-refractivity contribution in [2.24, 2.45) is 5.73 Å². The number of hydrogen-bond acceptors (Lipinski definition) is 3. The number of aromatic nitrogens is 4. The van der Waals surface area contributed by atoms with E-state index < -0.39 is 5.91 Å². The summed E-state index contributed by atoms with van der Waals surface area (Å²) in [5.74, 6) is -0.564. The highest BCUT2D eigenvalue weighted by Crippen LogP contribution is 2.35. The maximum Gasteiger partial charge on any atom is 0.267 e. The molecule has 3 aromatic heterocycles. The molecule has 3 heterocycles. The van der Waals surface area contributed by atoms with Gasteiger partial charge in [0.05, 0.1) is 6.20 Å². The van der Waals surface area contributed by atoms with Crippen LogP contribution >= 0.6 is 0 Å². The first-order chi connectivity index (χ1) is 13.7. The van der Waals surface area contributed by atoms with E-state index in [4.69, 9.17) is 5.73 Å². The molecular weight excluding hydrogens is 350 g/mol. The van der Waals surface area contributed by atoms with Crippen LogP contribution in [0.3, 0.4) is 0 Å². The van der Waals surface area contributed by atoms with E-state index in [1.807, 2.05) is 30.3 Å². The zero-order valence-corrected chi connectivity index (χ0v) is 15.0. The lowest BCUT2D eigenvalue weighted by Crippen LogP contribution is -2.13. The van der Waals surface area contributed by atoms with Gasteiger partial charge in [-0.05, 0) is 23.3 Å². The molecule has 3 N–H and O–H groups in total. The Balaban J connectivity index is 1.75. The Morgan fingerprint density at radius 2 is 1.79 bits per heavy atom. The molecule has 0 radical (unpaired) electrons. The van der Waals surface area contributed by atoms with Crippen LogP contribution in [-0.4, -0.2) is 25.7 Å². The molecule has 5 aromatic rings. The number of benzene rings is 2. The summed E-state index contributed by atoms with van der Waals surface area (Å²) < 4.78 is 2.22. The third-order valence-electron chi connectivity index (χ3n) is 4.95. The van der Waals surface area contributed by atoms with E-state index in [2.05, 4.69) is 50.2 Å². The van der Waals surface area contributed by atoms with E-state index in [1.165, 1.54) is 5.56 Å². The highest BCUT2D eigenvalue weighted by molar-refractivity contribution is 6.06. The Bertz CT molecular complexity index is 1320. The van der Waals surface area contributed by atoms with Crippen LogP contribution in [-0.2, 0) is 6.54 Å². The monoisotopic (exact) mass is 367 g/mol. The normalized spacial score (nSPS) is 11.3. The number of carbonyl (C=O) groups excluding carboxylic acids is 1. The molecule has 136 valence electrons. The van der Waals surface area contributed by atoms with Gasteiger partial charge in [-0.1, -0.05) is 48.5 Å². The van der Waals surface area contributed by atoms with Crippen molar-refractivity contribution in [1.29, 1.82) is 0 Å². The molecule has 6 heteroatoms. The Morgan fingerprint density at radius 3 is 2.61 bits per heavy atom. The van der Waals surface area contributed by atoms with Crippen molar-refractivity contribution in [2.75, 3.05) is 0 Å². The molecule has 5 rings (SSSR count). The number of nitrogens with zero attached hydrogens (tertiary/aromatic N) is 3. The Morgan fingerprint density at radius 1 is 1.00 bits per heavy atom. The summed E-state index contributed by atoms with van der Waals surface area (Å²) in [6.45, 7) is 0.754. The maximum absolute atomic E-state index is 11.8. The van der Waals surface area contributed by atoms with Gasteiger partial charge in [-0.25, -0.2) is 4.98 Å². The number of amides is 1. The number of H-pyrrole nitrogens is 1. The Labute approximate surface area is 160 Å². The molecule has 0 saturated heterocycles. The second kappa shape index (κ2) is 6.35. The van der Waals surface area contributed by atoms with Crippen LogP contribution in [0.5, 0.6) is 0 Å². The van der Waals surface area contributed by atoms with Gasteiger partial charge in [-0.15, -0.1) is 0 Å². The summed E-state index contributed by atoms with van der Waals surface area (Å²) in [6, 6.07) is 20.3. The summed E-state index contributed by atoms with van der Waals surface area (Å²) in [5, 5.41) is 8.89. The first-order valence-corrected chi connectivity index (χ1v) is 8.97. The van der Waals surface area contributed by atoms with Crippen molar-refractivity contribution in [3.63, 3.8) is 0 Å². The van der Waals surface area contributed by atoms with Crippen molar-refractivity contribution in [3.05, 3.63) is 84.3 Å². The van der Waals surface area contributed by atoms with Crippen LogP contribution in [0.2, 0.25) is 0 Å². The predicted molar refractivity (Wildman–Crippen MR) is 109 cm³/mol. The Kier molecular flexibility index (Phi) is 3.69. The van der Waals surface area contributed by atoms with Gasteiger partial charge in [0.1, 0.15) is 5.69 Å². The molecule has 28 heavy (non-hydrogen) atoms. The number of hydrogen-bond donors (Lipinski definition) is 2. The minimum absolute atomic E-state index is 0.214. The van der Waals surface area contributed by atoms with Gasteiger partial charge in [0.15, 0.2) is 5.65 Å². The lowest BCUT2D eigenvalue weighted by molar-refractivity contribution is 0.0996. The topological polar surface area (TPSA) is 89.6 Å². The molecule has 0 atom stereocenters. The van der Waals surface area contributed by atoms with Gasteiger partial charge >= 0.3 is 0 Å². The molecule has 0 fully saturated rings. The predicted octanol–water partition coefficient (Wildman–Crippen LogP) is 3.73.